The van der Waals surface area contributed by atoms with Crippen molar-refractivity contribution in [3.8, 4) is 0 Å². The van der Waals surface area contributed by atoms with Crippen LogP contribution in [0.4, 0.5) is 5.69 Å². The number of carbonyl (C=O) groups excluding carboxylic acids is 2. The van der Waals surface area contributed by atoms with Crippen molar-refractivity contribution in [1.82, 2.24) is 10.2 Å². The van der Waals surface area contributed by atoms with Gasteiger partial charge in [-0.25, -0.2) is 0 Å². The van der Waals surface area contributed by atoms with Crippen LogP contribution >= 0.6 is 0 Å². The molecule has 1 fully saturated rings. The monoisotopic (exact) mass is 367 g/mol. The molecule has 0 saturated carbocycles. The number of rotatable bonds is 7. The highest BCUT2D eigenvalue weighted by Gasteiger charge is 2.20. The van der Waals surface area contributed by atoms with E-state index in [-0.39, 0.29) is 11.8 Å². The van der Waals surface area contributed by atoms with Gasteiger partial charge in [0.1, 0.15) is 5.76 Å². The summed E-state index contributed by atoms with van der Waals surface area (Å²) < 4.78 is 5.12. The van der Waals surface area contributed by atoms with Gasteiger partial charge < -0.3 is 19.5 Å². The molecule has 1 aromatic heterocycles. The quantitative estimate of drug-likeness (QED) is 0.603. The fourth-order valence-corrected chi connectivity index (χ4v) is 3.07. The van der Waals surface area contributed by atoms with Crippen LogP contribution in [0, 0.1) is 0 Å². The average Bonchev–Trinajstić information content (AvgIpc) is 3.24. The molecule has 2 aromatic rings. The van der Waals surface area contributed by atoms with E-state index in [2.05, 4.69) is 22.3 Å². The van der Waals surface area contributed by atoms with Gasteiger partial charge >= 0.3 is 0 Å². The molecule has 0 radical (unpaired) electrons. The third kappa shape index (κ3) is 5.74. The molecule has 6 nitrogen and oxygen atoms in total. The highest BCUT2D eigenvalue weighted by atomic mass is 16.3. The smallest absolute Gasteiger partial charge is 0.244 e. The molecule has 3 rings (SSSR count). The number of amides is 2. The molecule has 2 heterocycles. The summed E-state index contributed by atoms with van der Waals surface area (Å²) in [5, 5.41) is 2.79. The maximum atomic E-state index is 12.3. The Morgan fingerprint density at radius 1 is 1.04 bits per heavy atom. The summed E-state index contributed by atoms with van der Waals surface area (Å²) in [6.07, 6.45) is 5.70. The van der Waals surface area contributed by atoms with Crippen molar-refractivity contribution in [2.75, 3.05) is 37.6 Å². The van der Waals surface area contributed by atoms with E-state index < -0.39 is 0 Å². The summed E-state index contributed by atoms with van der Waals surface area (Å²) in [6.45, 7) is 3.67. The predicted molar refractivity (Wildman–Crippen MR) is 105 cm³/mol. The van der Waals surface area contributed by atoms with Crippen molar-refractivity contribution in [2.45, 2.75) is 12.8 Å². The van der Waals surface area contributed by atoms with Gasteiger partial charge in [0.05, 0.1) is 6.26 Å². The largest absolute Gasteiger partial charge is 0.465 e. The first kappa shape index (κ1) is 18.8. The van der Waals surface area contributed by atoms with Crippen LogP contribution in [0.5, 0.6) is 0 Å². The van der Waals surface area contributed by atoms with Crippen LogP contribution in [-0.4, -0.2) is 49.4 Å². The second-order valence-electron chi connectivity index (χ2n) is 6.45. The molecule has 0 aliphatic carbocycles. The van der Waals surface area contributed by atoms with Gasteiger partial charge in [-0.1, -0.05) is 18.2 Å². The maximum Gasteiger partial charge on any atom is 0.244 e. The van der Waals surface area contributed by atoms with Gasteiger partial charge in [0, 0.05) is 50.9 Å². The third-order valence-corrected chi connectivity index (χ3v) is 4.56. The van der Waals surface area contributed by atoms with Crippen LogP contribution in [0.2, 0.25) is 0 Å². The second kappa shape index (κ2) is 9.62. The van der Waals surface area contributed by atoms with E-state index in [4.69, 9.17) is 4.42 Å². The number of piperazine rings is 1. The van der Waals surface area contributed by atoms with Crippen molar-refractivity contribution in [1.29, 1.82) is 0 Å². The number of nitrogens with zero attached hydrogens (tertiary/aromatic N) is 2. The molecular formula is C21H25N3O3. The van der Waals surface area contributed by atoms with Gasteiger partial charge in [-0.05, 0) is 36.8 Å². The fraction of sp³-hybridized carbons (Fsp3) is 0.333. The molecular weight excluding hydrogens is 342 g/mol. The van der Waals surface area contributed by atoms with Crippen molar-refractivity contribution >= 4 is 23.6 Å². The Bertz CT molecular complexity index is 748. The molecule has 1 aliphatic rings. The van der Waals surface area contributed by atoms with Gasteiger partial charge in [0.2, 0.25) is 11.8 Å². The Labute approximate surface area is 159 Å². The Hall–Kier alpha value is -3.02. The van der Waals surface area contributed by atoms with E-state index in [0.29, 0.717) is 25.1 Å². The minimum Gasteiger partial charge on any atom is -0.465 e. The van der Waals surface area contributed by atoms with E-state index in [0.717, 1.165) is 26.2 Å². The summed E-state index contributed by atoms with van der Waals surface area (Å²) in [5.41, 5.74) is 1.20. The fourth-order valence-electron chi connectivity index (χ4n) is 3.07. The Morgan fingerprint density at radius 3 is 2.52 bits per heavy atom. The van der Waals surface area contributed by atoms with E-state index in [1.807, 2.05) is 23.1 Å². The predicted octanol–water partition coefficient (Wildman–Crippen LogP) is 2.54. The highest BCUT2D eigenvalue weighted by Crippen LogP contribution is 2.16. The SMILES string of the molecule is O=C(C=Cc1ccco1)NCCCC(=O)N1CCN(c2ccccc2)CC1. The molecule has 2 amide bonds. The minimum absolute atomic E-state index is 0.156. The van der Waals surface area contributed by atoms with E-state index in [9.17, 15) is 9.59 Å². The van der Waals surface area contributed by atoms with E-state index >= 15 is 0 Å². The number of nitrogens with one attached hydrogen (secondary N) is 1. The molecule has 0 bridgehead atoms. The van der Waals surface area contributed by atoms with Crippen LogP contribution < -0.4 is 10.2 Å². The Balaban J connectivity index is 1.31. The van der Waals surface area contributed by atoms with E-state index in [1.54, 1.807) is 24.5 Å². The van der Waals surface area contributed by atoms with Crippen molar-refractivity contribution in [3.63, 3.8) is 0 Å². The number of benzene rings is 1. The lowest BCUT2D eigenvalue weighted by Crippen LogP contribution is -2.48. The zero-order chi connectivity index (χ0) is 18.9. The molecule has 6 heteroatoms. The molecule has 0 atom stereocenters. The standard InChI is InChI=1S/C21H25N3O3/c25-20(11-10-19-8-5-17-27-19)22-12-4-9-21(26)24-15-13-23(14-16-24)18-6-2-1-3-7-18/h1-3,5-8,10-11,17H,4,9,12-16H2,(H,22,25). The summed E-state index contributed by atoms with van der Waals surface area (Å²) in [6, 6.07) is 13.8. The lowest BCUT2D eigenvalue weighted by Gasteiger charge is -2.36. The van der Waals surface area contributed by atoms with Gasteiger partial charge in [-0.3, -0.25) is 9.59 Å². The van der Waals surface area contributed by atoms with Gasteiger partial charge in [-0.15, -0.1) is 0 Å². The summed E-state index contributed by atoms with van der Waals surface area (Å²) in [5.74, 6) is 0.605. The zero-order valence-corrected chi connectivity index (χ0v) is 15.3. The van der Waals surface area contributed by atoms with Crippen LogP contribution in [0.15, 0.2) is 59.2 Å². The summed E-state index contributed by atoms with van der Waals surface area (Å²) in [7, 11) is 0. The minimum atomic E-state index is -0.185. The van der Waals surface area contributed by atoms with Crippen LogP contribution in [0.1, 0.15) is 18.6 Å². The first-order valence-electron chi connectivity index (χ1n) is 9.29. The Morgan fingerprint density at radius 2 is 1.81 bits per heavy atom. The molecule has 1 aliphatic heterocycles. The maximum absolute atomic E-state index is 12.3. The lowest BCUT2D eigenvalue weighted by atomic mass is 10.2. The van der Waals surface area contributed by atoms with Crippen molar-refractivity contribution in [2.24, 2.45) is 0 Å². The molecule has 0 unspecified atom stereocenters. The van der Waals surface area contributed by atoms with Crippen molar-refractivity contribution < 1.29 is 14.0 Å². The molecule has 1 aromatic carbocycles. The molecule has 0 spiro atoms. The van der Waals surface area contributed by atoms with Crippen LogP contribution in [-0.2, 0) is 9.59 Å². The number of para-hydroxylation sites is 1. The normalized spacial score (nSPS) is 14.5. The average molecular weight is 367 g/mol. The number of hydrogen-bond acceptors (Lipinski definition) is 4. The van der Waals surface area contributed by atoms with Gasteiger partial charge in [0.15, 0.2) is 0 Å². The molecule has 142 valence electrons. The molecule has 1 N–H and O–H groups in total. The first-order chi connectivity index (χ1) is 13.2. The number of carbonyl (C=O) groups is 2. The topological polar surface area (TPSA) is 65.8 Å². The van der Waals surface area contributed by atoms with Crippen LogP contribution in [0.3, 0.4) is 0 Å². The summed E-state index contributed by atoms with van der Waals surface area (Å²) >= 11 is 0. The number of anilines is 1. The second-order valence-corrected chi connectivity index (χ2v) is 6.45. The zero-order valence-electron chi connectivity index (χ0n) is 15.3. The number of furan rings is 1. The van der Waals surface area contributed by atoms with Crippen molar-refractivity contribution in [3.05, 3.63) is 60.6 Å². The lowest BCUT2D eigenvalue weighted by molar-refractivity contribution is -0.131. The highest BCUT2D eigenvalue weighted by molar-refractivity contribution is 5.91. The van der Waals surface area contributed by atoms with Gasteiger partial charge in [0.25, 0.3) is 0 Å². The van der Waals surface area contributed by atoms with E-state index in [1.165, 1.54) is 11.8 Å². The number of hydrogen-bond donors (Lipinski definition) is 1. The molecule has 27 heavy (non-hydrogen) atoms. The summed E-state index contributed by atoms with van der Waals surface area (Å²) in [4.78, 5) is 28.3. The first-order valence-corrected chi connectivity index (χ1v) is 9.29. The molecule has 1 saturated heterocycles. The van der Waals surface area contributed by atoms with Gasteiger partial charge in [-0.2, -0.15) is 0 Å². The van der Waals surface area contributed by atoms with Crippen LogP contribution in [0.25, 0.3) is 6.08 Å². The third-order valence-electron chi connectivity index (χ3n) is 4.56. The Kier molecular flexibility index (Phi) is 6.68.